The van der Waals surface area contributed by atoms with Gasteiger partial charge in [-0.2, -0.15) is 5.10 Å². The molecule has 0 atom stereocenters. The van der Waals surface area contributed by atoms with Crippen LogP contribution in [0.15, 0.2) is 31.6 Å². The van der Waals surface area contributed by atoms with Crippen LogP contribution in [0.2, 0.25) is 0 Å². The van der Waals surface area contributed by atoms with E-state index in [-0.39, 0.29) is 5.78 Å². The molecule has 20 heavy (non-hydrogen) atoms. The summed E-state index contributed by atoms with van der Waals surface area (Å²) in [6.45, 7) is 4.69. The first-order valence-electron chi connectivity index (χ1n) is 6.14. The standard InChI is InChI=1S/C14H13Br3N2O/c1-3-19-12(14(17)8(2)18-19)7-13(20)10-5-4-9(15)6-11(10)16/h4-6H,3,7H2,1-2H3. The van der Waals surface area contributed by atoms with Crippen LogP contribution in [0, 0.1) is 6.92 Å². The molecule has 0 N–H and O–H groups in total. The molecule has 0 saturated heterocycles. The summed E-state index contributed by atoms with van der Waals surface area (Å²) in [5.41, 5.74) is 2.51. The van der Waals surface area contributed by atoms with E-state index in [2.05, 4.69) is 52.9 Å². The third-order valence-corrected chi connectivity index (χ3v) is 5.19. The van der Waals surface area contributed by atoms with Crippen LogP contribution in [0.3, 0.4) is 0 Å². The van der Waals surface area contributed by atoms with E-state index in [9.17, 15) is 4.79 Å². The molecular weight excluding hydrogens is 452 g/mol. The molecule has 106 valence electrons. The summed E-state index contributed by atoms with van der Waals surface area (Å²) in [4.78, 5) is 12.5. The average molecular weight is 465 g/mol. The Kier molecular flexibility index (Phi) is 5.20. The Morgan fingerprint density at radius 3 is 2.60 bits per heavy atom. The van der Waals surface area contributed by atoms with Crippen molar-refractivity contribution in [3.05, 3.63) is 48.6 Å². The number of hydrogen-bond donors (Lipinski definition) is 0. The molecular formula is C14H13Br3N2O. The number of Topliss-reactive ketones (excluding diaryl/α,β-unsaturated/α-hetero) is 1. The molecule has 2 aromatic rings. The molecule has 0 aliphatic carbocycles. The molecule has 0 fully saturated rings. The molecule has 6 heteroatoms. The van der Waals surface area contributed by atoms with Crippen LogP contribution >= 0.6 is 47.8 Å². The lowest BCUT2D eigenvalue weighted by atomic mass is 10.1. The Balaban J connectivity index is 2.32. The zero-order valence-electron chi connectivity index (χ0n) is 11.1. The van der Waals surface area contributed by atoms with Crippen LogP contribution in [-0.2, 0) is 13.0 Å². The van der Waals surface area contributed by atoms with E-state index >= 15 is 0 Å². The minimum absolute atomic E-state index is 0.0691. The first-order chi connectivity index (χ1) is 9.43. The summed E-state index contributed by atoms with van der Waals surface area (Å²) in [6.07, 6.45) is 0.329. The van der Waals surface area contributed by atoms with E-state index in [1.54, 1.807) is 0 Å². The van der Waals surface area contributed by atoms with E-state index in [1.807, 2.05) is 36.7 Å². The van der Waals surface area contributed by atoms with Crippen molar-refractivity contribution < 1.29 is 4.79 Å². The molecule has 0 unspecified atom stereocenters. The van der Waals surface area contributed by atoms with Gasteiger partial charge in [0.25, 0.3) is 0 Å². The van der Waals surface area contributed by atoms with E-state index < -0.39 is 0 Å². The maximum atomic E-state index is 12.5. The van der Waals surface area contributed by atoms with Gasteiger partial charge in [-0.15, -0.1) is 0 Å². The number of aryl methyl sites for hydroxylation is 2. The van der Waals surface area contributed by atoms with Crippen molar-refractivity contribution in [2.45, 2.75) is 26.8 Å². The van der Waals surface area contributed by atoms with Gasteiger partial charge in [0.05, 0.1) is 22.3 Å². The van der Waals surface area contributed by atoms with Crippen molar-refractivity contribution >= 4 is 53.6 Å². The lowest BCUT2D eigenvalue weighted by Crippen LogP contribution is -2.10. The molecule has 0 aliphatic heterocycles. The Bertz CT molecular complexity index is 665. The van der Waals surface area contributed by atoms with Gasteiger partial charge in [0.1, 0.15) is 0 Å². The molecule has 0 radical (unpaired) electrons. The SMILES string of the molecule is CCn1nc(C)c(Br)c1CC(=O)c1ccc(Br)cc1Br. The number of benzene rings is 1. The number of carbonyl (C=O) groups excluding carboxylic acids is 1. The molecule has 1 aromatic heterocycles. The highest BCUT2D eigenvalue weighted by Gasteiger charge is 2.18. The number of aromatic nitrogens is 2. The van der Waals surface area contributed by atoms with Gasteiger partial charge >= 0.3 is 0 Å². The zero-order chi connectivity index (χ0) is 14.9. The molecule has 0 saturated carbocycles. The third kappa shape index (κ3) is 3.23. The molecule has 0 bridgehead atoms. The molecule has 2 rings (SSSR count). The van der Waals surface area contributed by atoms with Gasteiger partial charge in [0, 0.05) is 21.1 Å². The minimum Gasteiger partial charge on any atom is -0.294 e. The van der Waals surface area contributed by atoms with Crippen molar-refractivity contribution in [2.24, 2.45) is 0 Å². The first kappa shape index (κ1) is 15.9. The van der Waals surface area contributed by atoms with Crippen LogP contribution in [0.4, 0.5) is 0 Å². The predicted octanol–water partition coefficient (Wildman–Crippen LogP) is 4.92. The fourth-order valence-corrected chi connectivity index (χ4v) is 3.69. The van der Waals surface area contributed by atoms with E-state index in [1.165, 1.54) is 0 Å². The molecule has 0 aliphatic rings. The zero-order valence-corrected chi connectivity index (χ0v) is 15.8. The van der Waals surface area contributed by atoms with Gasteiger partial charge in [-0.1, -0.05) is 31.9 Å². The second-order valence-electron chi connectivity index (χ2n) is 4.39. The monoisotopic (exact) mass is 462 g/mol. The summed E-state index contributed by atoms with van der Waals surface area (Å²) in [7, 11) is 0. The van der Waals surface area contributed by atoms with Crippen molar-refractivity contribution in [3.8, 4) is 0 Å². The summed E-state index contributed by atoms with van der Waals surface area (Å²) in [5.74, 6) is 0.0691. The number of rotatable bonds is 4. The number of halogens is 3. The minimum atomic E-state index is 0.0691. The van der Waals surface area contributed by atoms with Gasteiger partial charge in [-0.05, 0) is 48.0 Å². The maximum Gasteiger partial charge on any atom is 0.169 e. The smallest absolute Gasteiger partial charge is 0.169 e. The fraction of sp³-hybridized carbons (Fsp3) is 0.286. The van der Waals surface area contributed by atoms with Crippen molar-refractivity contribution in [3.63, 3.8) is 0 Å². The predicted molar refractivity (Wildman–Crippen MR) is 90.2 cm³/mol. The molecule has 1 heterocycles. The summed E-state index contributed by atoms with van der Waals surface area (Å²) in [5, 5.41) is 4.41. The Hall–Kier alpha value is -0.460. The lowest BCUT2D eigenvalue weighted by molar-refractivity contribution is 0.0989. The highest BCUT2D eigenvalue weighted by molar-refractivity contribution is 9.11. The highest BCUT2D eigenvalue weighted by Crippen LogP contribution is 2.26. The van der Waals surface area contributed by atoms with E-state index in [0.717, 1.165) is 31.4 Å². The topological polar surface area (TPSA) is 34.9 Å². The number of hydrogen-bond acceptors (Lipinski definition) is 2. The lowest BCUT2D eigenvalue weighted by Gasteiger charge is -2.07. The average Bonchev–Trinajstić information content (AvgIpc) is 2.66. The molecule has 3 nitrogen and oxygen atoms in total. The Morgan fingerprint density at radius 2 is 2.00 bits per heavy atom. The van der Waals surface area contributed by atoms with Crippen LogP contribution in [0.25, 0.3) is 0 Å². The van der Waals surface area contributed by atoms with Gasteiger partial charge in [-0.3, -0.25) is 9.48 Å². The van der Waals surface area contributed by atoms with Crippen molar-refractivity contribution in [2.75, 3.05) is 0 Å². The molecule has 1 aromatic carbocycles. The summed E-state index contributed by atoms with van der Waals surface area (Å²) < 4.78 is 4.52. The number of ketones is 1. The van der Waals surface area contributed by atoms with Gasteiger partial charge in [0.15, 0.2) is 5.78 Å². The van der Waals surface area contributed by atoms with Gasteiger partial charge in [-0.25, -0.2) is 0 Å². The second kappa shape index (κ2) is 6.54. The van der Waals surface area contributed by atoms with Gasteiger partial charge < -0.3 is 0 Å². The Morgan fingerprint density at radius 1 is 1.30 bits per heavy atom. The van der Waals surface area contributed by atoms with E-state index in [0.29, 0.717) is 12.0 Å². The second-order valence-corrected chi connectivity index (χ2v) is 6.95. The van der Waals surface area contributed by atoms with Crippen LogP contribution in [-0.4, -0.2) is 15.6 Å². The third-order valence-electron chi connectivity index (χ3n) is 3.01. The van der Waals surface area contributed by atoms with Crippen molar-refractivity contribution in [1.82, 2.24) is 9.78 Å². The molecule has 0 spiro atoms. The van der Waals surface area contributed by atoms with Crippen LogP contribution in [0.1, 0.15) is 28.7 Å². The normalized spacial score (nSPS) is 10.8. The molecule has 0 amide bonds. The van der Waals surface area contributed by atoms with Crippen LogP contribution < -0.4 is 0 Å². The summed E-state index contributed by atoms with van der Waals surface area (Å²) >= 11 is 10.3. The van der Waals surface area contributed by atoms with Gasteiger partial charge in [0.2, 0.25) is 0 Å². The number of nitrogens with zero attached hydrogens (tertiary/aromatic N) is 2. The van der Waals surface area contributed by atoms with Crippen molar-refractivity contribution in [1.29, 1.82) is 0 Å². The quantitative estimate of drug-likeness (QED) is 0.602. The first-order valence-corrected chi connectivity index (χ1v) is 8.52. The van der Waals surface area contributed by atoms with Crippen LogP contribution in [0.5, 0.6) is 0 Å². The number of carbonyl (C=O) groups is 1. The summed E-state index contributed by atoms with van der Waals surface area (Å²) in [6, 6.07) is 5.57. The fourth-order valence-electron chi connectivity index (χ4n) is 2.00. The largest absolute Gasteiger partial charge is 0.294 e. The van der Waals surface area contributed by atoms with E-state index in [4.69, 9.17) is 0 Å². The highest BCUT2D eigenvalue weighted by atomic mass is 79.9. The Labute approximate surface area is 143 Å². The maximum absolute atomic E-state index is 12.5.